The highest BCUT2D eigenvalue weighted by molar-refractivity contribution is 5.87. The van der Waals surface area contributed by atoms with Gasteiger partial charge in [-0.05, 0) is 49.3 Å². The van der Waals surface area contributed by atoms with E-state index in [-0.39, 0.29) is 0 Å². The Morgan fingerprint density at radius 2 is 1.97 bits per heavy atom. The number of rotatable bonds is 4. The summed E-state index contributed by atoms with van der Waals surface area (Å²) in [6.45, 7) is 2.94. The summed E-state index contributed by atoms with van der Waals surface area (Å²) in [6.07, 6.45) is 8.12. The van der Waals surface area contributed by atoms with Gasteiger partial charge in [0, 0.05) is 25.8 Å². The van der Waals surface area contributed by atoms with Crippen LogP contribution >= 0.6 is 0 Å². The minimum absolute atomic E-state index is 0.648. The van der Waals surface area contributed by atoms with Gasteiger partial charge in [0.2, 0.25) is 0 Å². The van der Waals surface area contributed by atoms with Crippen LogP contribution in [0.15, 0.2) is 54.9 Å². The minimum Gasteiger partial charge on any atom is -0.355 e. The molecule has 1 fully saturated rings. The SMILES string of the molecule is c1ccc(CC2CCN(c3cnc4c(N5CCCc6ncccc65)n[nH]c4n3)C2)cc1. The Morgan fingerprint density at radius 1 is 1.03 bits per heavy atom. The van der Waals surface area contributed by atoms with Crippen LogP contribution < -0.4 is 9.80 Å². The molecule has 4 aromatic rings. The molecule has 2 aliphatic heterocycles. The maximum absolute atomic E-state index is 4.87. The van der Waals surface area contributed by atoms with Gasteiger partial charge in [0.1, 0.15) is 5.82 Å². The third kappa shape index (κ3) is 3.40. The zero-order chi connectivity index (χ0) is 20.6. The van der Waals surface area contributed by atoms with E-state index in [0.717, 1.165) is 73.1 Å². The molecule has 0 spiro atoms. The van der Waals surface area contributed by atoms with Crippen molar-refractivity contribution in [3.05, 3.63) is 66.1 Å². The summed E-state index contributed by atoms with van der Waals surface area (Å²) in [4.78, 5) is 18.8. The average Bonchev–Trinajstić information content (AvgIpc) is 3.46. The van der Waals surface area contributed by atoms with Crippen LogP contribution in [0.5, 0.6) is 0 Å². The maximum Gasteiger partial charge on any atom is 0.183 e. The second kappa shape index (κ2) is 7.65. The fraction of sp³-hybridized carbons (Fsp3) is 0.333. The van der Waals surface area contributed by atoms with Gasteiger partial charge in [-0.2, -0.15) is 5.10 Å². The van der Waals surface area contributed by atoms with Crippen molar-refractivity contribution in [2.75, 3.05) is 29.4 Å². The molecule has 6 rings (SSSR count). The van der Waals surface area contributed by atoms with Crippen LogP contribution in [0.4, 0.5) is 17.3 Å². The van der Waals surface area contributed by atoms with Gasteiger partial charge in [-0.15, -0.1) is 0 Å². The molecule has 0 bridgehead atoms. The Bertz CT molecular complexity index is 1200. The summed E-state index contributed by atoms with van der Waals surface area (Å²) in [5.41, 5.74) is 5.22. The predicted octanol–water partition coefficient (Wildman–Crippen LogP) is 3.90. The number of aromatic amines is 1. The predicted molar refractivity (Wildman–Crippen MR) is 122 cm³/mol. The summed E-state index contributed by atoms with van der Waals surface area (Å²) >= 11 is 0. The molecular weight excluding hydrogens is 386 g/mol. The first kappa shape index (κ1) is 18.3. The second-order valence-corrected chi connectivity index (χ2v) is 8.49. The molecule has 1 atom stereocenters. The molecule has 7 heteroatoms. The summed E-state index contributed by atoms with van der Waals surface area (Å²) in [5.74, 6) is 2.42. The number of nitrogens with one attached hydrogen (secondary N) is 1. The van der Waals surface area contributed by atoms with Crippen LogP contribution in [-0.2, 0) is 12.8 Å². The minimum atomic E-state index is 0.648. The molecular formula is C24H25N7. The zero-order valence-electron chi connectivity index (χ0n) is 17.4. The number of anilines is 3. The molecule has 2 aliphatic rings. The molecule has 0 radical (unpaired) electrons. The molecule has 0 saturated carbocycles. The van der Waals surface area contributed by atoms with Crippen molar-refractivity contribution in [1.82, 2.24) is 25.1 Å². The van der Waals surface area contributed by atoms with E-state index in [0.29, 0.717) is 5.92 Å². The van der Waals surface area contributed by atoms with E-state index in [9.17, 15) is 0 Å². The molecule has 0 amide bonds. The van der Waals surface area contributed by atoms with Crippen molar-refractivity contribution >= 4 is 28.5 Å². The van der Waals surface area contributed by atoms with Gasteiger partial charge in [-0.3, -0.25) is 10.1 Å². The average molecular weight is 412 g/mol. The Hall–Kier alpha value is -3.48. The van der Waals surface area contributed by atoms with Crippen LogP contribution in [0.3, 0.4) is 0 Å². The largest absolute Gasteiger partial charge is 0.355 e. The Morgan fingerprint density at radius 3 is 2.90 bits per heavy atom. The van der Waals surface area contributed by atoms with Gasteiger partial charge in [0.15, 0.2) is 17.0 Å². The summed E-state index contributed by atoms with van der Waals surface area (Å²) in [6, 6.07) is 14.8. The van der Waals surface area contributed by atoms with Crippen molar-refractivity contribution in [3.63, 3.8) is 0 Å². The highest BCUT2D eigenvalue weighted by atomic mass is 15.3. The van der Waals surface area contributed by atoms with Crippen molar-refractivity contribution in [1.29, 1.82) is 0 Å². The first-order chi connectivity index (χ1) is 15.3. The Balaban J connectivity index is 1.23. The van der Waals surface area contributed by atoms with Crippen LogP contribution in [0.2, 0.25) is 0 Å². The normalized spacial score (nSPS) is 18.5. The van der Waals surface area contributed by atoms with Crippen LogP contribution in [0, 0.1) is 5.92 Å². The molecule has 1 aromatic carbocycles. The van der Waals surface area contributed by atoms with E-state index >= 15 is 0 Å². The smallest absolute Gasteiger partial charge is 0.183 e. The topological polar surface area (TPSA) is 73.8 Å². The van der Waals surface area contributed by atoms with Gasteiger partial charge in [-0.25, -0.2) is 9.97 Å². The third-order valence-electron chi connectivity index (χ3n) is 6.42. The lowest BCUT2D eigenvalue weighted by molar-refractivity contribution is 0.586. The number of H-pyrrole nitrogens is 1. The molecule has 0 aliphatic carbocycles. The van der Waals surface area contributed by atoms with Crippen LogP contribution in [0.1, 0.15) is 24.1 Å². The number of fused-ring (bicyclic) bond motifs is 2. The second-order valence-electron chi connectivity index (χ2n) is 8.49. The monoisotopic (exact) mass is 411 g/mol. The third-order valence-corrected chi connectivity index (χ3v) is 6.42. The van der Waals surface area contributed by atoms with Gasteiger partial charge in [0.25, 0.3) is 0 Å². The quantitative estimate of drug-likeness (QED) is 0.549. The van der Waals surface area contributed by atoms with Gasteiger partial charge in [0.05, 0.1) is 17.6 Å². The molecule has 7 nitrogen and oxygen atoms in total. The maximum atomic E-state index is 4.87. The van der Waals surface area contributed by atoms with Crippen molar-refractivity contribution in [2.24, 2.45) is 5.92 Å². The van der Waals surface area contributed by atoms with Crippen molar-refractivity contribution in [3.8, 4) is 0 Å². The summed E-state index contributed by atoms with van der Waals surface area (Å²) in [5, 5.41) is 7.70. The molecule has 1 N–H and O–H groups in total. The molecule has 1 saturated heterocycles. The van der Waals surface area contributed by atoms with E-state index in [1.165, 1.54) is 12.0 Å². The molecule has 156 valence electrons. The van der Waals surface area contributed by atoms with E-state index in [4.69, 9.17) is 9.97 Å². The summed E-state index contributed by atoms with van der Waals surface area (Å²) < 4.78 is 0. The van der Waals surface area contributed by atoms with Gasteiger partial charge >= 0.3 is 0 Å². The fourth-order valence-electron chi connectivity index (χ4n) is 4.89. The van der Waals surface area contributed by atoms with Crippen LogP contribution in [-0.4, -0.2) is 44.8 Å². The molecule has 1 unspecified atom stereocenters. The van der Waals surface area contributed by atoms with E-state index in [2.05, 4.69) is 61.4 Å². The van der Waals surface area contributed by atoms with Crippen molar-refractivity contribution < 1.29 is 0 Å². The van der Waals surface area contributed by atoms with Gasteiger partial charge < -0.3 is 9.80 Å². The Kier molecular flexibility index (Phi) is 4.52. The fourth-order valence-corrected chi connectivity index (χ4v) is 4.89. The standard InChI is InChI=1S/C24H25N7/c1-2-6-17(7-3-1)14-18-10-13-30(16-18)21-15-26-22-23(27-21)28-29-24(22)31-12-5-8-19-20(31)9-4-11-25-19/h1-4,6-7,9,11,15,18H,5,8,10,12-14,16H2,(H,27,28,29). The zero-order valence-corrected chi connectivity index (χ0v) is 17.4. The Labute approximate surface area is 181 Å². The summed E-state index contributed by atoms with van der Waals surface area (Å²) in [7, 11) is 0. The highest BCUT2D eigenvalue weighted by Crippen LogP contribution is 2.34. The first-order valence-corrected chi connectivity index (χ1v) is 11.1. The number of aromatic nitrogens is 5. The molecule has 5 heterocycles. The molecule has 3 aromatic heterocycles. The number of pyridine rings is 1. The van der Waals surface area contributed by atoms with E-state index < -0.39 is 0 Å². The highest BCUT2D eigenvalue weighted by Gasteiger charge is 2.26. The molecule has 31 heavy (non-hydrogen) atoms. The number of hydrogen-bond donors (Lipinski definition) is 1. The van der Waals surface area contributed by atoms with Crippen LogP contribution in [0.25, 0.3) is 11.2 Å². The number of aryl methyl sites for hydroxylation is 1. The van der Waals surface area contributed by atoms with Crippen molar-refractivity contribution in [2.45, 2.75) is 25.7 Å². The van der Waals surface area contributed by atoms with E-state index in [1.54, 1.807) is 0 Å². The van der Waals surface area contributed by atoms with Gasteiger partial charge in [-0.1, -0.05) is 30.3 Å². The lowest BCUT2D eigenvalue weighted by Gasteiger charge is -2.28. The number of nitrogens with zero attached hydrogens (tertiary/aromatic N) is 6. The lowest BCUT2D eigenvalue weighted by Crippen LogP contribution is -2.25. The number of hydrogen-bond acceptors (Lipinski definition) is 6. The lowest BCUT2D eigenvalue weighted by atomic mass is 9.99. The van der Waals surface area contributed by atoms with E-state index in [1.807, 2.05) is 18.5 Å². The first-order valence-electron chi connectivity index (χ1n) is 11.1. The number of benzene rings is 1.